The summed E-state index contributed by atoms with van der Waals surface area (Å²) in [4.78, 5) is 1.44. The molecule has 0 saturated carbocycles. The van der Waals surface area contributed by atoms with E-state index in [0.717, 1.165) is 52.0 Å². The van der Waals surface area contributed by atoms with E-state index in [1.807, 2.05) is 11.3 Å². The van der Waals surface area contributed by atoms with Gasteiger partial charge in [-0.3, -0.25) is 0 Å². The number of hydrogen-bond donors (Lipinski definition) is 1. The fourth-order valence-electron chi connectivity index (χ4n) is 3.65. The van der Waals surface area contributed by atoms with Crippen molar-refractivity contribution in [2.75, 3.05) is 26.4 Å². The number of halogens is 1. The molecule has 0 aromatic carbocycles. The highest BCUT2D eigenvalue weighted by Crippen LogP contribution is 2.43. The summed E-state index contributed by atoms with van der Waals surface area (Å²) in [6, 6.07) is 2.72. The summed E-state index contributed by atoms with van der Waals surface area (Å²) in [5.41, 5.74) is 0.0727. The second-order valence-corrected chi connectivity index (χ2v) is 7.96. The minimum Gasteiger partial charge on any atom is -0.381 e. The van der Waals surface area contributed by atoms with Crippen molar-refractivity contribution in [2.45, 2.75) is 44.2 Å². The molecule has 2 fully saturated rings. The predicted molar refractivity (Wildman–Crippen MR) is 89.9 cm³/mol. The largest absolute Gasteiger partial charge is 0.381 e. The van der Waals surface area contributed by atoms with Crippen molar-refractivity contribution in [3.8, 4) is 0 Å². The van der Waals surface area contributed by atoms with Crippen LogP contribution in [0.4, 0.5) is 0 Å². The van der Waals surface area contributed by atoms with Crippen LogP contribution in [0.1, 0.15) is 43.5 Å². The van der Waals surface area contributed by atoms with Gasteiger partial charge in [0.2, 0.25) is 0 Å². The molecule has 2 saturated heterocycles. The lowest BCUT2D eigenvalue weighted by Gasteiger charge is -2.45. The quantitative estimate of drug-likeness (QED) is 0.860. The first-order valence-electron chi connectivity index (χ1n) is 7.91. The van der Waals surface area contributed by atoms with Gasteiger partial charge in [0.05, 0.1) is 5.60 Å². The third kappa shape index (κ3) is 3.70. The first-order valence-corrected chi connectivity index (χ1v) is 9.59. The van der Waals surface area contributed by atoms with Crippen molar-refractivity contribution in [3.05, 3.63) is 20.8 Å². The molecule has 1 aromatic heterocycles. The average Bonchev–Trinajstić information content (AvgIpc) is 2.92. The van der Waals surface area contributed by atoms with E-state index in [0.29, 0.717) is 12.0 Å². The van der Waals surface area contributed by atoms with Crippen molar-refractivity contribution >= 4 is 27.3 Å². The van der Waals surface area contributed by atoms with Crippen LogP contribution in [0.3, 0.4) is 0 Å². The molecule has 3 rings (SSSR count). The maximum absolute atomic E-state index is 6.19. The molecular formula is C16H24BrNO2S. The molecule has 1 aromatic rings. The van der Waals surface area contributed by atoms with Gasteiger partial charge in [0.25, 0.3) is 0 Å². The summed E-state index contributed by atoms with van der Waals surface area (Å²) >= 11 is 5.44. The van der Waals surface area contributed by atoms with Gasteiger partial charge in [0, 0.05) is 40.6 Å². The first-order chi connectivity index (χ1) is 10.2. The number of nitrogens with one attached hydrogen (secondary N) is 1. The molecular weight excluding hydrogens is 350 g/mol. The summed E-state index contributed by atoms with van der Waals surface area (Å²) in [6.07, 6.45) is 4.41. The Morgan fingerprint density at radius 3 is 2.90 bits per heavy atom. The van der Waals surface area contributed by atoms with E-state index >= 15 is 0 Å². The number of ether oxygens (including phenoxy) is 2. The minimum atomic E-state index is 0.0727. The van der Waals surface area contributed by atoms with Gasteiger partial charge in [0.1, 0.15) is 0 Å². The smallest absolute Gasteiger partial charge is 0.0729 e. The maximum Gasteiger partial charge on any atom is 0.0729 e. The zero-order valence-electron chi connectivity index (χ0n) is 12.6. The first kappa shape index (κ1) is 15.9. The SMILES string of the molecule is CCNC(c1cc(Br)cs1)C1CCOC2(CCOCC2)C1. The standard InChI is InChI=1S/C16H24BrNO2S/c1-2-18-15(14-9-13(17)11-21-14)12-3-6-20-16(10-12)4-7-19-8-5-16/h9,11-12,15,18H,2-8,10H2,1H3. The second-order valence-electron chi connectivity index (χ2n) is 6.10. The summed E-state index contributed by atoms with van der Waals surface area (Å²) in [5, 5.41) is 5.89. The van der Waals surface area contributed by atoms with Crippen LogP contribution >= 0.6 is 27.3 Å². The Bertz CT molecular complexity index is 453. The Balaban J connectivity index is 1.75. The summed E-state index contributed by atoms with van der Waals surface area (Å²) in [7, 11) is 0. The predicted octanol–water partition coefficient (Wildman–Crippen LogP) is 4.14. The van der Waals surface area contributed by atoms with Crippen LogP contribution in [0, 0.1) is 5.92 Å². The normalized spacial score (nSPS) is 26.9. The van der Waals surface area contributed by atoms with Gasteiger partial charge in [-0.1, -0.05) is 6.92 Å². The van der Waals surface area contributed by atoms with Crippen LogP contribution in [0.5, 0.6) is 0 Å². The Hall–Kier alpha value is 0.0600. The molecule has 1 N–H and O–H groups in total. The lowest BCUT2D eigenvalue weighted by Crippen LogP contribution is -2.46. The molecule has 21 heavy (non-hydrogen) atoms. The fraction of sp³-hybridized carbons (Fsp3) is 0.750. The van der Waals surface area contributed by atoms with E-state index in [1.165, 1.54) is 9.35 Å². The van der Waals surface area contributed by atoms with Crippen LogP contribution in [0.25, 0.3) is 0 Å². The van der Waals surface area contributed by atoms with Gasteiger partial charge in [-0.25, -0.2) is 0 Å². The van der Waals surface area contributed by atoms with E-state index in [-0.39, 0.29) is 5.60 Å². The molecule has 118 valence electrons. The molecule has 0 aliphatic carbocycles. The Morgan fingerprint density at radius 2 is 2.24 bits per heavy atom. The number of rotatable bonds is 4. The van der Waals surface area contributed by atoms with Crippen molar-refractivity contribution < 1.29 is 9.47 Å². The molecule has 0 radical (unpaired) electrons. The summed E-state index contributed by atoms with van der Waals surface area (Å²) in [5.74, 6) is 0.655. The van der Waals surface area contributed by atoms with Crippen LogP contribution in [-0.2, 0) is 9.47 Å². The Morgan fingerprint density at radius 1 is 1.43 bits per heavy atom. The van der Waals surface area contributed by atoms with Crippen LogP contribution in [-0.4, -0.2) is 32.0 Å². The Kier molecular flexibility index (Phi) is 5.38. The third-order valence-electron chi connectivity index (χ3n) is 4.72. The van der Waals surface area contributed by atoms with Gasteiger partial charge >= 0.3 is 0 Å². The van der Waals surface area contributed by atoms with E-state index in [4.69, 9.17) is 9.47 Å². The molecule has 2 unspecified atom stereocenters. The molecule has 2 aliphatic rings. The second kappa shape index (κ2) is 7.09. The van der Waals surface area contributed by atoms with Gasteiger partial charge in [-0.2, -0.15) is 0 Å². The molecule has 0 bridgehead atoms. The molecule has 2 aliphatic heterocycles. The topological polar surface area (TPSA) is 30.5 Å². The number of thiophene rings is 1. The number of hydrogen-bond acceptors (Lipinski definition) is 4. The highest BCUT2D eigenvalue weighted by Gasteiger charge is 2.41. The third-order valence-corrected chi connectivity index (χ3v) is 6.50. The van der Waals surface area contributed by atoms with E-state index in [2.05, 4.69) is 39.6 Å². The van der Waals surface area contributed by atoms with Crippen molar-refractivity contribution in [2.24, 2.45) is 5.92 Å². The zero-order valence-corrected chi connectivity index (χ0v) is 15.0. The van der Waals surface area contributed by atoms with E-state index in [1.54, 1.807) is 0 Å². The molecule has 2 atom stereocenters. The lowest BCUT2D eigenvalue weighted by molar-refractivity contribution is -0.150. The molecule has 5 heteroatoms. The highest BCUT2D eigenvalue weighted by atomic mass is 79.9. The van der Waals surface area contributed by atoms with Crippen molar-refractivity contribution in [3.63, 3.8) is 0 Å². The summed E-state index contributed by atoms with van der Waals surface area (Å²) in [6.45, 7) is 5.79. The van der Waals surface area contributed by atoms with Gasteiger partial charge < -0.3 is 14.8 Å². The fourth-order valence-corrected chi connectivity index (χ4v) is 5.27. The van der Waals surface area contributed by atoms with Gasteiger partial charge in [-0.05, 0) is 60.1 Å². The minimum absolute atomic E-state index is 0.0727. The van der Waals surface area contributed by atoms with Crippen LogP contribution in [0.15, 0.2) is 15.9 Å². The monoisotopic (exact) mass is 373 g/mol. The average molecular weight is 374 g/mol. The summed E-state index contributed by atoms with van der Waals surface area (Å²) < 4.78 is 12.9. The van der Waals surface area contributed by atoms with Crippen molar-refractivity contribution in [1.82, 2.24) is 5.32 Å². The molecule has 3 nitrogen and oxygen atoms in total. The maximum atomic E-state index is 6.19. The van der Waals surface area contributed by atoms with E-state index < -0.39 is 0 Å². The lowest BCUT2D eigenvalue weighted by atomic mass is 9.77. The van der Waals surface area contributed by atoms with Crippen LogP contribution in [0.2, 0.25) is 0 Å². The van der Waals surface area contributed by atoms with Gasteiger partial charge in [-0.15, -0.1) is 11.3 Å². The zero-order chi connectivity index (χ0) is 14.7. The molecule has 1 spiro atoms. The molecule has 3 heterocycles. The highest BCUT2D eigenvalue weighted by molar-refractivity contribution is 9.10. The van der Waals surface area contributed by atoms with E-state index in [9.17, 15) is 0 Å². The van der Waals surface area contributed by atoms with Gasteiger partial charge in [0.15, 0.2) is 0 Å². The van der Waals surface area contributed by atoms with Crippen LogP contribution < -0.4 is 5.32 Å². The Labute approximate surface area is 139 Å². The van der Waals surface area contributed by atoms with Crippen molar-refractivity contribution in [1.29, 1.82) is 0 Å². The molecule has 0 amide bonds.